The van der Waals surface area contributed by atoms with Crippen LogP contribution in [0.15, 0.2) is 0 Å². The van der Waals surface area contributed by atoms with Gasteiger partial charge in [0.15, 0.2) is 0 Å². The summed E-state index contributed by atoms with van der Waals surface area (Å²) >= 11 is 0. The Morgan fingerprint density at radius 2 is 1.80 bits per heavy atom. The van der Waals surface area contributed by atoms with Crippen LogP contribution in [0.1, 0.15) is 53.9 Å². The van der Waals surface area contributed by atoms with Crippen LogP contribution in [-0.4, -0.2) is 17.4 Å². The lowest BCUT2D eigenvalue weighted by Gasteiger charge is -2.21. The quantitative estimate of drug-likeness (QED) is 0.661. The number of Topliss-reactive ketones (excluding diaryl/α,β-unsaturated/α-hetero) is 1. The fourth-order valence-electron chi connectivity index (χ4n) is 1.38. The maximum Gasteiger partial charge on any atom is 0.307 e. The molecule has 0 fully saturated rings. The highest BCUT2D eigenvalue weighted by Crippen LogP contribution is 2.16. The van der Waals surface area contributed by atoms with Gasteiger partial charge in [-0.2, -0.15) is 0 Å². The zero-order valence-electron chi connectivity index (χ0n) is 10.4. The molecule has 0 aliphatic heterocycles. The average Bonchev–Trinajstić information content (AvgIpc) is 1.99. The number of carbonyl (C=O) groups is 2. The molecule has 0 heterocycles. The summed E-state index contributed by atoms with van der Waals surface area (Å²) in [5.74, 6) is -0.385. The number of hydrogen-bond donors (Lipinski definition) is 0. The summed E-state index contributed by atoms with van der Waals surface area (Å²) in [6.45, 7) is 9.02. The highest BCUT2D eigenvalue weighted by Gasteiger charge is 2.22. The molecule has 0 aromatic rings. The largest absolute Gasteiger partial charge is 0.460 e. The van der Waals surface area contributed by atoms with Gasteiger partial charge < -0.3 is 4.74 Å². The van der Waals surface area contributed by atoms with Crippen LogP contribution in [0, 0.1) is 5.92 Å². The van der Waals surface area contributed by atoms with E-state index in [-0.39, 0.29) is 24.1 Å². The molecule has 3 nitrogen and oxygen atoms in total. The van der Waals surface area contributed by atoms with Crippen LogP contribution in [0.4, 0.5) is 0 Å². The molecule has 88 valence electrons. The van der Waals surface area contributed by atoms with Gasteiger partial charge in [0.25, 0.3) is 0 Å². The Balaban J connectivity index is 4.18. The molecule has 0 saturated heterocycles. The second-order valence-electron chi connectivity index (χ2n) is 4.89. The molecule has 0 aliphatic carbocycles. The minimum atomic E-state index is -0.468. The molecule has 0 unspecified atom stereocenters. The van der Waals surface area contributed by atoms with Crippen LogP contribution in [0.2, 0.25) is 0 Å². The number of ether oxygens (including phenoxy) is 1. The molecule has 0 radical (unpaired) electrons. The standard InChI is InChI=1S/C12H22O3/c1-6-7-10(9(2)13)8-11(14)15-12(3,4)5/h10H,6-8H2,1-5H3/t10-/m0/s1. The lowest BCUT2D eigenvalue weighted by atomic mass is 9.96. The fourth-order valence-corrected chi connectivity index (χ4v) is 1.38. The maximum absolute atomic E-state index is 11.5. The van der Waals surface area contributed by atoms with Crippen molar-refractivity contribution in [1.29, 1.82) is 0 Å². The molecule has 0 spiro atoms. The SMILES string of the molecule is CCC[C@@H](CC(=O)OC(C)(C)C)C(C)=O. The Morgan fingerprint density at radius 3 is 2.13 bits per heavy atom. The van der Waals surface area contributed by atoms with Crippen molar-refractivity contribution in [3.63, 3.8) is 0 Å². The normalized spacial score (nSPS) is 13.4. The first kappa shape index (κ1) is 14.1. The fraction of sp³-hybridized carbons (Fsp3) is 0.833. The van der Waals surface area contributed by atoms with Crippen LogP contribution < -0.4 is 0 Å². The van der Waals surface area contributed by atoms with Crippen LogP contribution in [0.5, 0.6) is 0 Å². The lowest BCUT2D eigenvalue weighted by Crippen LogP contribution is -2.26. The number of esters is 1. The summed E-state index contributed by atoms with van der Waals surface area (Å²) in [5, 5.41) is 0. The highest BCUT2D eigenvalue weighted by atomic mass is 16.6. The molecule has 0 bridgehead atoms. The Hall–Kier alpha value is -0.860. The molecule has 0 aliphatic rings. The first-order valence-electron chi connectivity index (χ1n) is 5.48. The van der Waals surface area contributed by atoms with Crippen molar-refractivity contribution in [2.75, 3.05) is 0 Å². The predicted octanol–water partition coefficient (Wildman–Crippen LogP) is 2.72. The third-order valence-corrected chi connectivity index (χ3v) is 2.05. The van der Waals surface area contributed by atoms with Crippen molar-refractivity contribution in [2.24, 2.45) is 5.92 Å². The second kappa shape index (κ2) is 5.89. The van der Waals surface area contributed by atoms with E-state index in [1.54, 1.807) is 0 Å². The first-order valence-corrected chi connectivity index (χ1v) is 5.48. The van der Waals surface area contributed by atoms with E-state index in [1.165, 1.54) is 6.92 Å². The maximum atomic E-state index is 11.5. The third kappa shape index (κ3) is 7.11. The highest BCUT2D eigenvalue weighted by molar-refractivity contribution is 5.83. The molecule has 0 saturated carbocycles. The zero-order chi connectivity index (χ0) is 12.1. The topological polar surface area (TPSA) is 43.4 Å². The summed E-state index contributed by atoms with van der Waals surface area (Å²) in [6.07, 6.45) is 1.88. The molecule has 0 N–H and O–H groups in total. The number of hydrogen-bond acceptors (Lipinski definition) is 3. The smallest absolute Gasteiger partial charge is 0.307 e. The van der Waals surface area contributed by atoms with E-state index in [0.29, 0.717) is 0 Å². The Bertz CT molecular complexity index is 226. The van der Waals surface area contributed by atoms with Crippen LogP contribution in [-0.2, 0) is 14.3 Å². The van der Waals surface area contributed by atoms with E-state index in [0.717, 1.165) is 12.8 Å². The molecule has 0 amide bonds. The minimum Gasteiger partial charge on any atom is -0.460 e. The van der Waals surface area contributed by atoms with Gasteiger partial charge in [0.2, 0.25) is 0 Å². The molecule has 3 heteroatoms. The van der Waals surface area contributed by atoms with Gasteiger partial charge in [-0.25, -0.2) is 0 Å². The second-order valence-corrected chi connectivity index (χ2v) is 4.89. The molecular weight excluding hydrogens is 192 g/mol. The van der Waals surface area contributed by atoms with Gasteiger partial charge in [0.1, 0.15) is 11.4 Å². The van der Waals surface area contributed by atoms with Crippen LogP contribution in [0.3, 0.4) is 0 Å². The molecular formula is C12H22O3. The monoisotopic (exact) mass is 214 g/mol. The van der Waals surface area contributed by atoms with Crippen molar-refractivity contribution in [1.82, 2.24) is 0 Å². The Morgan fingerprint density at radius 1 is 1.27 bits per heavy atom. The van der Waals surface area contributed by atoms with Gasteiger partial charge in [-0.3, -0.25) is 9.59 Å². The summed E-state index contributed by atoms with van der Waals surface area (Å²) in [7, 11) is 0. The van der Waals surface area contributed by atoms with E-state index in [4.69, 9.17) is 4.74 Å². The number of rotatable bonds is 5. The van der Waals surface area contributed by atoms with Crippen molar-refractivity contribution < 1.29 is 14.3 Å². The number of ketones is 1. The van der Waals surface area contributed by atoms with Crippen molar-refractivity contribution in [3.8, 4) is 0 Å². The van der Waals surface area contributed by atoms with Gasteiger partial charge in [0, 0.05) is 5.92 Å². The van der Waals surface area contributed by atoms with Gasteiger partial charge in [-0.05, 0) is 34.1 Å². The van der Waals surface area contributed by atoms with Gasteiger partial charge >= 0.3 is 5.97 Å². The van der Waals surface area contributed by atoms with E-state index < -0.39 is 5.60 Å². The summed E-state index contributed by atoms with van der Waals surface area (Å²) in [5.41, 5.74) is -0.468. The Labute approximate surface area is 92.2 Å². The van der Waals surface area contributed by atoms with Crippen LogP contribution in [0.25, 0.3) is 0 Å². The van der Waals surface area contributed by atoms with Crippen molar-refractivity contribution in [2.45, 2.75) is 59.5 Å². The van der Waals surface area contributed by atoms with Gasteiger partial charge in [0.05, 0.1) is 6.42 Å². The minimum absolute atomic E-state index is 0.0720. The molecule has 1 atom stereocenters. The Kier molecular flexibility index (Phi) is 5.55. The average molecular weight is 214 g/mol. The van der Waals surface area contributed by atoms with Crippen molar-refractivity contribution >= 4 is 11.8 Å². The van der Waals surface area contributed by atoms with Gasteiger partial charge in [-0.15, -0.1) is 0 Å². The molecule has 0 rings (SSSR count). The lowest BCUT2D eigenvalue weighted by molar-refractivity contribution is -0.157. The predicted molar refractivity (Wildman–Crippen MR) is 59.5 cm³/mol. The van der Waals surface area contributed by atoms with Gasteiger partial charge in [-0.1, -0.05) is 13.3 Å². The van der Waals surface area contributed by atoms with Crippen LogP contribution >= 0.6 is 0 Å². The zero-order valence-corrected chi connectivity index (χ0v) is 10.4. The van der Waals surface area contributed by atoms with E-state index >= 15 is 0 Å². The molecule has 15 heavy (non-hydrogen) atoms. The van der Waals surface area contributed by atoms with Crippen molar-refractivity contribution in [3.05, 3.63) is 0 Å². The molecule has 0 aromatic carbocycles. The third-order valence-electron chi connectivity index (χ3n) is 2.05. The molecule has 0 aromatic heterocycles. The summed E-state index contributed by atoms with van der Waals surface area (Å²) in [6, 6.07) is 0. The number of carbonyl (C=O) groups excluding carboxylic acids is 2. The van der Waals surface area contributed by atoms with E-state index in [1.807, 2.05) is 27.7 Å². The summed E-state index contributed by atoms with van der Waals surface area (Å²) in [4.78, 5) is 22.7. The van der Waals surface area contributed by atoms with E-state index in [2.05, 4.69) is 0 Å². The van der Waals surface area contributed by atoms with E-state index in [9.17, 15) is 9.59 Å². The summed E-state index contributed by atoms with van der Waals surface area (Å²) < 4.78 is 5.17. The first-order chi connectivity index (χ1) is 6.76.